The Hall–Kier alpha value is -0.570. The van der Waals surface area contributed by atoms with Gasteiger partial charge in [0.05, 0.1) is 5.92 Å². The molecule has 0 aromatic rings. The predicted octanol–water partition coefficient (Wildman–Crippen LogP) is 2.22. The number of rotatable bonds is 4. The van der Waals surface area contributed by atoms with Gasteiger partial charge in [0.2, 0.25) is 0 Å². The minimum absolute atomic E-state index is 0.145. The number of carboxylic acids is 1. The average molecular weight is 213 g/mol. The van der Waals surface area contributed by atoms with E-state index in [0.717, 1.165) is 32.4 Å². The first-order valence-electron chi connectivity index (χ1n) is 5.97. The van der Waals surface area contributed by atoms with Crippen molar-refractivity contribution in [3.8, 4) is 0 Å². The molecule has 0 amide bonds. The number of hydrogen-bond donors (Lipinski definition) is 1. The summed E-state index contributed by atoms with van der Waals surface area (Å²) >= 11 is 0. The summed E-state index contributed by atoms with van der Waals surface area (Å²) in [5.74, 6) is -0.0767. The molecular formula is C12H23NO2. The van der Waals surface area contributed by atoms with Crippen molar-refractivity contribution in [1.82, 2.24) is 4.90 Å². The zero-order chi connectivity index (χ0) is 11.4. The van der Waals surface area contributed by atoms with Gasteiger partial charge in [0.1, 0.15) is 0 Å². The molecule has 0 aliphatic carbocycles. The number of carboxylic acid groups (broad SMARTS) is 1. The summed E-state index contributed by atoms with van der Waals surface area (Å²) in [5.41, 5.74) is 0. The molecular weight excluding hydrogens is 190 g/mol. The number of hydrogen-bond acceptors (Lipinski definition) is 2. The Labute approximate surface area is 92.5 Å². The molecule has 3 nitrogen and oxygen atoms in total. The molecule has 15 heavy (non-hydrogen) atoms. The molecule has 0 saturated carbocycles. The third-order valence-electron chi connectivity index (χ3n) is 3.35. The van der Waals surface area contributed by atoms with Gasteiger partial charge in [-0.15, -0.1) is 0 Å². The Morgan fingerprint density at radius 2 is 2.13 bits per heavy atom. The van der Waals surface area contributed by atoms with Crippen molar-refractivity contribution in [2.24, 2.45) is 11.8 Å². The van der Waals surface area contributed by atoms with Crippen molar-refractivity contribution in [2.45, 2.75) is 46.1 Å². The van der Waals surface area contributed by atoms with Crippen molar-refractivity contribution < 1.29 is 9.90 Å². The molecule has 1 N–H and O–H groups in total. The van der Waals surface area contributed by atoms with E-state index in [4.69, 9.17) is 5.11 Å². The van der Waals surface area contributed by atoms with E-state index >= 15 is 0 Å². The van der Waals surface area contributed by atoms with E-state index in [9.17, 15) is 4.79 Å². The van der Waals surface area contributed by atoms with Crippen molar-refractivity contribution in [1.29, 1.82) is 0 Å². The summed E-state index contributed by atoms with van der Waals surface area (Å²) in [6, 6.07) is 0.555. The summed E-state index contributed by atoms with van der Waals surface area (Å²) in [7, 11) is 0. The maximum Gasteiger partial charge on any atom is 0.307 e. The molecule has 2 unspecified atom stereocenters. The van der Waals surface area contributed by atoms with E-state index in [-0.39, 0.29) is 5.92 Å². The molecule has 1 aliphatic heterocycles. The van der Waals surface area contributed by atoms with Crippen LogP contribution in [0.3, 0.4) is 0 Å². The number of carbonyl (C=O) groups is 1. The monoisotopic (exact) mass is 213 g/mol. The number of aliphatic carboxylic acids is 1. The van der Waals surface area contributed by atoms with Gasteiger partial charge in [0.15, 0.2) is 0 Å². The third-order valence-corrected chi connectivity index (χ3v) is 3.35. The summed E-state index contributed by atoms with van der Waals surface area (Å²) < 4.78 is 0. The zero-order valence-electron chi connectivity index (χ0n) is 10.1. The second-order valence-electron chi connectivity index (χ2n) is 5.14. The average Bonchev–Trinajstić information content (AvgIpc) is 2.16. The van der Waals surface area contributed by atoms with Gasteiger partial charge in [-0.05, 0) is 38.6 Å². The van der Waals surface area contributed by atoms with E-state index in [1.165, 1.54) is 0 Å². The first kappa shape index (κ1) is 12.5. The fourth-order valence-corrected chi connectivity index (χ4v) is 2.12. The molecule has 88 valence electrons. The first-order valence-corrected chi connectivity index (χ1v) is 5.97. The highest BCUT2D eigenvalue weighted by molar-refractivity contribution is 5.70. The van der Waals surface area contributed by atoms with E-state index in [1.807, 2.05) is 0 Å². The quantitative estimate of drug-likeness (QED) is 0.778. The van der Waals surface area contributed by atoms with Crippen LogP contribution in [0.2, 0.25) is 0 Å². The molecule has 0 spiro atoms. The van der Waals surface area contributed by atoms with Gasteiger partial charge in [0.25, 0.3) is 0 Å². The number of likely N-dealkylation sites (tertiary alicyclic amines) is 1. The number of piperidine rings is 1. The van der Waals surface area contributed by atoms with Crippen molar-refractivity contribution in [3.63, 3.8) is 0 Å². The topological polar surface area (TPSA) is 40.5 Å². The predicted molar refractivity (Wildman–Crippen MR) is 60.8 cm³/mol. The van der Waals surface area contributed by atoms with Crippen LogP contribution in [0.25, 0.3) is 0 Å². The highest BCUT2D eigenvalue weighted by atomic mass is 16.4. The fraction of sp³-hybridized carbons (Fsp3) is 0.917. The maximum absolute atomic E-state index is 10.9. The van der Waals surface area contributed by atoms with Crippen LogP contribution in [0.5, 0.6) is 0 Å². The largest absolute Gasteiger partial charge is 0.481 e. The van der Waals surface area contributed by atoms with Crippen LogP contribution in [-0.4, -0.2) is 35.1 Å². The minimum Gasteiger partial charge on any atom is -0.481 e. The van der Waals surface area contributed by atoms with Crippen LogP contribution in [0.4, 0.5) is 0 Å². The standard InChI is InChI=1S/C12H23NO2/c1-9(2)6-7-13-8-11(12(14)15)5-4-10(13)3/h9-11H,4-8H2,1-3H3,(H,14,15). The lowest BCUT2D eigenvalue weighted by atomic mass is 9.93. The third kappa shape index (κ3) is 3.82. The van der Waals surface area contributed by atoms with Gasteiger partial charge in [-0.3, -0.25) is 9.69 Å². The van der Waals surface area contributed by atoms with Crippen LogP contribution >= 0.6 is 0 Å². The Morgan fingerprint density at radius 1 is 1.47 bits per heavy atom. The molecule has 0 radical (unpaired) electrons. The lowest BCUT2D eigenvalue weighted by molar-refractivity contribution is -0.144. The van der Waals surface area contributed by atoms with Gasteiger partial charge >= 0.3 is 5.97 Å². The Morgan fingerprint density at radius 3 is 2.67 bits per heavy atom. The van der Waals surface area contributed by atoms with Gasteiger partial charge in [0, 0.05) is 12.6 Å². The molecule has 0 bridgehead atoms. The first-order chi connectivity index (χ1) is 7.00. The fourth-order valence-electron chi connectivity index (χ4n) is 2.12. The summed E-state index contributed by atoms with van der Waals surface area (Å²) in [4.78, 5) is 13.3. The van der Waals surface area contributed by atoms with E-state index in [1.54, 1.807) is 0 Å². The lowest BCUT2D eigenvalue weighted by Gasteiger charge is -2.36. The summed E-state index contributed by atoms with van der Waals surface area (Å²) in [5, 5.41) is 8.99. The Kier molecular flexibility index (Phi) is 4.58. The van der Waals surface area contributed by atoms with E-state index < -0.39 is 5.97 Å². The molecule has 2 atom stereocenters. The van der Waals surface area contributed by atoms with E-state index in [2.05, 4.69) is 25.7 Å². The van der Waals surface area contributed by atoms with Crippen molar-refractivity contribution in [2.75, 3.05) is 13.1 Å². The molecule has 1 aliphatic rings. The summed E-state index contributed by atoms with van der Waals surface area (Å²) in [6.45, 7) is 8.41. The van der Waals surface area contributed by atoms with Crippen LogP contribution < -0.4 is 0 Å². The molecule has 1 saturated heterocycles. The van der Waals surface area contributed by atoms with Crippen LogP contribution in [0, 0.1) is 11.8 Å². The maximum atomic E-state index is 10.9. The minimum atomic E-state index is -0.628. The van der Waals surface area contributed by atoms with Gasteiger partial charge < -0.3 is 5.11 Å². The SMILES string of the molecule is CC(C)CCN1CC(C(=O)O)CCC1C. The smallest absolute Gasteiger partial charge is 0.307 e. The normalized spacial score (nSPS) is 28.3. The molecule has 1 fully saturated rings. The molecule has 1 rings (SSSR count). The summed E-state index contributed by atoms with van der Waals surface area (Å²) in [6.07, 6.45) is 3.03. The molecule has 0 aromatic heterocycles. The molecule has 0 aromatic carbocycles. The molecule has 1 heterocycles. The van der Waals surface area contributed by atoms with Crippen LogP contribution in [0.1, 0.15) is 40.0 Å². The highest BCUT2D eigenvalue weighted by Gasteiger charge is 2.29. The van der Waals surface area contributed by atoms with Crippen LogP contribution in [0.15, 0.2) is 0 Å². The van der Waals surface area contributed by atoms with Crippen LogP contribution in [-0.2, 0) is 4.79 Å². The van der Waals surface area contributed by atoms with Gasteiger partial charge in [-0.1, -0.05) is 13.8 Å². The van der Waals surface area contributed by atoms with Gasteiger partial charge in [-0.25, -0.2) is 0 Å². The Bertz CT molecular complexity index is 216. The second-order valence-corrected chi connectivity index (χ2v) is 5.14. The zero-order valence-corrected chi connectivity index (χ0v) is 10.1. The van der Waals surface area contributed by atoms with Crippen molar-refractivity contribution in [3.05, 3.63) is 0 Å². The van der Waals surface area contributed by atoms with Gasteiger partial charge in [-0.2, -0.15) is 0 Å². The van der Waals surface area contributed by atoms with Crippen molar-refractivity contribution >= 4 is 5.97 Å². The molecule has 3 heteroatoms. The Balaban J connectivity index is 2.42. The second kappa shape index (κ2) is 5.50. The lowest BCUT2D eigenvalue weighted by Crippen LogP contribution is -2.44. The highest BCUT2D eigenvalue weighted by Crippen LogP contribution is 2.22. The number of nitrogens with zero attached hydrogens (tertiary/aromatic N) is 1. The van der Waals surface area contributed by atoms with E-state index in [0.29, 0.717) is 12.0 Å².